The Bertz CT molecular complexity index is 1180. The zero-order valence-electron chi connectivity index (χ0n) is 15.5. The Morgan fingerprint density at radius 1 is 1.14 bits per heavy atom. The SMILES string of the molecule is Cc1cccc(C2SCC(=O)Nc3c2c(C)nn3-c2nc3ccccc3s2)c1. The first-order valence-corrected chi connectivity index (χ1v) is 10.9. The van der Waals surface area contributed by atoms with Crippen LogP contribution in [0.3, 0.4) is 0 Å². The number of rotatable bonds is 2. The van der Waals surface area contributed by atoms with Gasteiger partial charge in [-0.1, -0.05) is 53.3 Å². The second-order valence-electron chi connectivity index (χ2n) is 6.88. The quantitative estimate of drug-likeness (QED) is 0.516. The second-order valence-corrected chi connectivity index (χ2v) is 8.98. The first-order chi connectivity index (χ1) is 13.6. The first-order valence-electron chi connectivity index (χ1n) is 9.03. The summed E-state index contributed by atoms with van der Waals surface area (Å²) in [6, 6.07) is 16.5. The highest BCUT2D eigenvalue weighted by atomic mass is 32.2. The van der Waals surface area contributed by atoms with Crippen molar-refractivity contribution in [2.24, 2.45) is 0 Å². The summed E-state index contributed by atoms with van der Waals surface area (Å²) in [5, 5.41) is 8.66. The van der Waals surface area contributed by atoms with Gasteiger partial charge in [0.15, 0.2) is 0 Å². The number of thiazole rings is 1. The van der Waals surface area contributed by atoms with Gasteiger partial charge in [0.2, 0.25) is 11.0 Å². The summed E-state index contributed by atoms with van der Waals surface area (Å²) < 4.78 is 2.89. The van der Waals surface area contributed by atoms with Gasteiger partial charge in [-0.05, 0) is 31.5 Å². The molecule has 1 unspecified atom stereocenters. The van der Waals surface area contributed by atoms with Crippen LogP contribution in [0.5, 0.6) is 0 Å². The van der Waals surface area contributed by atoms with Crippen LogP contribution in [-0.4, -0.2) is 26.4 Å². The van der Waals surface area contributed by atoms with Crippen molar-refractivity contribution < 1.29 is 4.79 Å². The Kier molecular flexibility index (Phi) is 4.21. The highest BCUT2D eigenvalue weighted by molar-refractivity contribution is 8.00. The third-order valence-electron chi connectivity index (χ3n) is 4.82. The molecule has 0 spiro atoms. The maximum absolute atomic E-state index is 12.5. The molecule has 0 aliphatic carbocycles. The van der Waals surface area contributed by atoms with Crippen molar-refractivity contribution in [1.82, 2.24) is 14.8 Å². The Morgan fingerprint density at radius 3 is 2.82 bits per heavy atom. The van der Waals surface area contributed by atoms with Crippen LogP contribution in [0.4, 0.5) is 5.82 Å². The van der Waals surface area contributed by atoms with Crippen molar-refractivity contribution in [3.05, 3.63) is 70.9 Å². The van der Waals surface area contributed by atoms with E-state index in [4.69, 9.17) is 10.1 Å². The fraction of sp³-hybridized carbons (Fsp3) is 0.190. The molecule has 5 rings (SSSR count). The third kappa shape index (κ3) is 2.91. The topological polar surface area (TPSA) is 59.8 Å². The van der Waals surface area contributed by atoms with Crippen LogP contribution in [0.25, 0.3) is 15.3 Å². The second kappa shape index (κ2) is 6.76. The lowest BCUT2D eigenvalue weighted by atomic mass is 10.0. The molecule has 5 nitrogen and oxygen atoms in total. The van der Waals surface area contributed by atoms with E-state index in [9.17, 15) is 4.79 Å². The molecule has 7 heteroatoms. The molecule has 1 aliphatic rings. The summed E-state index contributed by atoms with van der Waals surface area (Å²) in [4.78, 5) is 17.2. The molecule has 2 aromatic carbocycles. The van der Waals surface area contributed by atoms with Gasteiger partial charge in [-0.15, -0.1) is 11.8 Å². The van der Waals surface area contributed by atoms with Crippen LogP contribution < -0.4 is 5.32 Å². The predicted molar refractivity (Wildman–Crippen MR) is 116 cm³/mol. The van der Waals surface area contributed by atoms with E-state index in [1.54, 1.807) is 27.8 Å². The standard InChI is InChI=1S/C21H18N4OS2/c1-12-6-5-7-14(10-12)19-18-13(2)24-25(20(18)23-17(26)11-27-19)21-22-15-8-3-4-9-16(15)28-21/h3-10,19H,11H2,1-2H3,(H,23,26). The van der Waals surface area contributed by atoms with E-state index >= 15 is 0 Å². The Hall–Kier alpha value is -2.64. The fourth-order valence-corrected chi connectivity index (χ4v) is 5.67. The average molecular weight is 407 g/mol. The van der Waals surface area contributed by atoms with Crippen molar-refractivity contribution in [3.8, 4) is 5.13 Å². The summed E-state index contributed by atoms with van der Waals surface area (Å²) in [5.74, 6) is 1.13. The van der Waals surface area contributed by atoms with Crippen LogP contribution in [0.15, 0.2) is 48.5 Å². The number of anilines is 1. The van der Waals surface area contributed by atoms with E-state index in [0.717, 1.165) is 32.4 Å². The van der Waals surface area contributed by atoms with E-state index in [1.807, 2.05) is 25.1 Å². The summed E-state index contributed by atoms with van der Waals surface area (Å²) in [6.45, 7) is 4.09. The van der Waals surface area contributed by atoms with Crippen LogP contribution in [0.1, 0.15) is 27.6 Å². The molecule has 1 aliphatic heterocycles. The van der Waals surface area contributed by atoms with Gasteiger partial charge in [-0.2, -0.15) is 9.78 Å². The van der Waals surface area contributed by atoms with E-state index < -0.39 is 0 Å². The van der Waals surface area contributed by atoms with Crippen LogP contribution >= 0.6 is 23.1 Å². The van der Waals surface area contributed by atoms with Crippen molar-refractivity contribution >= 4 is 45.0 Å². The van der Waals surface area contributed by atoms with Gasteiger partial charge >= 0.3 is 0 Å². The molecule has 1 atom stereocenters. The fourth-order valence-electron chi connectivity index (χ4n) is 3.57. The van der Waals surface area contributed by atoms with E-state index in [0.29, 0.717) is 5.75 Å². The van der Waals surface area contributed by atoms with Gasteiger partial charge in [-0.3, -0.25) is 4.79 Å². The summed E-state index contributed by atoms with van der Waals surface area (Å²) in [5.41, 5.74) is 5.30. The Morgan fingerprint density at radius 2 is 2.00 bits per heavy atom. The normalized spacial score (nSPS) is 16.6. The number of para-hydroxylation sites is 1. The van der Waals surface area contributed by atoms with Crippen LogP contribution in [0.2, 0.25) is 0 Å². The number of aryl methyl sites for hydroxylation is 2. The Balaban J connectivity index is 1.70. The zero-order chi connectivity index (χ0) is 19.3. The number of hydrogen-bond acceptors (Lipinski definition) is 5. The molecule has 4 aromatic rings. The maximum Gasteiger partial charge on any atom is 0.235 e. The number of carbonyl (C=O) groups excluding carboxylic acids is 1. The molecule has 1 amide bonds. The molecule has 0 saturated heterocycles. The Labute approximate surface area is 170 Å². The third-order valence-corrected chi connectivity index (χ3v) is 7.10. The molecule has 3 heterocycles. The summed E-state index contributed by atoms with van der Waals surface area (Å²) >= 11 is 3.22. The van der Waals surface area contributed by atoms with Crippen molar-refractivity contribution in [2.45, 2.75) is 19.1 Å². The number of hydrogen-bond donors (Lipinski definition) is 1. The number of amides is 1. The molecule has 2 aromatic heterocycles. The van der Waals surface area contributed by atoms with Gasteiger partial charge < -0.3 is 5.32 Å². The molecule has 140 valence electrons. The highest BCUT2D eigenvalue weighted by Gasteiger charge is 2.31. The molecule has 0 bridgehead atoms. The molecule has 0 saturated carbocycles. The lowest BCUT2D eigenvalue weighted by Gasteiger charge is -2.15. The monoisotopic (exact) mass is 406 g/mol. The summed E-state index contributed by atoms with van der Waals surface area (Å²) in [6.07, 6.45) is 0. The van der Waals surface area contributed by atoms with Crippen molar-refractivity contribution in [1.29, 1.82) is 0 Å². The van der Waals surface area contributed by atoms with E-state index in [1.165, 1.54) is 11.1 Å². The molecule has 0 fully saturated rings. The van der Waals surface area contributed by atoms with Crippen LogP contribution in [0, 0.1) is 13.8 Å². The predicted octanol–water partition coefficient (Wildman–Crippen LogP) is 4.87. The minimum atomic E-state index is -0.0105. The number of benzene rings is 2. The van der Waals surface area contributed by atoms with Crippen molar-refractivity contribution in [2.75, 3.05) is 11.1 Å². The van der Waals surface area contributed by atoms with Gasteiger partial charge in [-0.25, -0.2) is 4.98 Å². The molecule has 0 radical (unpaired) electrons. The largest absolute Gasteiger partial charge is 0.310 e. The highest BCUT2D eigenvalue weighted by Crippen LogP contribution is 2.44. The molecule has 28 heavy (non-hydrogen) atoms. The number of fused-ring (bicyclic) bond motifs is 2. The number of aromatic nitrogens is 3. The molecular weight excluding hydrogens is 388 g/mol. The number of carbonyl (C=O) groups is 1. The number of thioether (sulfide) groups is 1. The summed E-state index contributed by atoms with van der Waals surface area (Å²) in [7, 11) is 0. The molecular formula is C21H18N4OS2. The zero-order valence-corrected chi connectivity index (χ0v) is 17.1. The lowest BCUT2D eigenvalue weighted by Crippen LogP contribution is -2.15. The van der Waals surface area contributed by atoms with E-state index in [2.05, 4.69) is 42.6 Å². The average Bonchev–Trinajstić information content (AvgIpc) is 3.18. The molecule has 1 N–H and O–H groups in total. The minimum Gasteiger partial charge on any atom is -0.310 e. The smallest absolute Gasteiger partial charge is 0.235 e. The number of nitrogens with one attached hydrogen (secondary N) is 1. The van der Waals surface area contributed by atoms with Crippen LogP contribution in [-0.2, 0) is 4.79 Å². The minimum absolute atomic E-state index is 0.0105. The van der Waals surface area contributed by atoms with Gasteiger partial charge in [0.1, 0.15) is 5.82 Å². The maximum atomic E-state index is 12.5. The van der Waals surface area contributed by atoms with Gasteiger partial charge in [0.25, 0.3) is 0 Å². The van der Waals surface area contributed by atoms with Crippen molar-refractivity contribution in [3.63, 3.8) is 0 Å². The lowest BCUT2D eigenvalue weighted by molar-refractivity contribution is -0.113. The van der Waals surface area contributed by atoms with Gasteiger partial charge in [0.05, 0.1) is 26.9 Å². The van der Waals surface area contributed by atoms with Gasteiger partial charge in [0, 0.05) is 5.56 Å². The van der Waals surface area contributed by atoms with E-state index in [-0.39, 0.29) is 11.2 Å². The first kappa shape index (κ1) is 17.5. The number of nitrogens with zero attached hydrogens (tertiary/aromatic N) is 3.